The van der Waals surface area contributed by atoms with Crippen LogP contribution >= 0.6 is 23.2 Å². The lowest BCUT2D eigenvalue weighted by Gasteiger charge is -2.27. The summed E-state index contributed by atoms with van der Waals surface area (Å²) in [7, 11) is 0. The molecule has 0 saturated heterocycles. The Hall–Kier alpha value is -2.56. The maximum atomic E-state index is 12.7. The van der Waals surface area contributed by atoms with Crippen molar-refractivity contribution in [3.63, 3.8) is 0 Å². The Labute approximate surface area is 166 Å². The van der Waals surface area contributed by atoms with Crippen molar-refractivity contribution >= 4 is 34.9 Å². The molecule has 2 aromatic carbocycles. The van der Waals surface area contributed by atoms with Crippen LogP contribution in [0.1, 0.15) is 30.1 Å². The summed E-state index contributed by atoms with van der Waals surface area (Å²) in [5, 5.41) is 1.23. The van der Waals surface area contributed by atoms with Crippen LogP contribution in [0.15, 0.2) is 71.5 Å². The van der Waals surface area contributed by atoms with Crippen LogP contribution < -0.4 is 10.5 Å². The average molecular weight is 399 g/mol. The summed E-state index contributed by atoms with van der Waals surface area (Å²) < 4.78 is 1.67. The minimum absolute atomic E-state index is 0.134. The van der Waals surface area contributed by atoms with Crippen LogP contribution in [0.2, 0.25) is 10.0 Å². The molecule has 0 unspecified atom stereocenters. The summed E-state index contributed by atoms with van der Waals surface area (Å²) in [5.41, 5.74) is 1.64. The van der Waals surface area contributed by atoms with Crippen LogP contribution in [0.3, 0.4) is 0 Å². The molecular formula is C21H16Cl2N2O2. The van der Waals surface area contributed by atoms with Gasteiger partial charge in [0.1, 0.15) is 5.82 Å². The van der Waals surface area contributed by atoms with E-state index in [-0.39, 0.29) is 23.6 Å². The number of amides is 1. The Kier molecular flexibility index (Phi) is 4.54. The van der Waals surface area contributed by atoms with Crippen LogP contribution in [0.25, 0.3) is 0 Å². The van der Waals surface area contributed by atoms with Gasteiger partial charge in [0.2, 0.25) is 5.91 Å². The lowest BCUT2D eigenvalue weighted by molar-refractivity contribution is -0.117. The maximum Gasteiger partial charge on any atom is 0.252 e. The fourth-order valence-electron chi connectivity index (χ4n) is 3.73. The molecule has 27 heavy (non-hydrogen) atoms. The van der Waals surface area contributed by atoms with E-state index >= 15 is 0 Å². The standard InChI is InChI=1S/C21H16Cl2N2O2/c1-13(26)24-18-3-2-4-19(27)25(18)21(15-7-11-17(23)12-8-15)20(24)14-5-9-16(22)10-6-14/h2-12,20-21H,1H3/t20-,21+/m0/s1. The van der Waals surface area contributed by atoms with Gasteiger partial charge in [0, 0.05) is 23.0 Å². The molecule has 0 radical (unpaired) electrons. The highest BCUT2D eigenvalue weighted by molar-refractivity contribution is 6.30. The number of nitrogens with zero attached hydrogens (tertiary/aromatic N) is 2. The fourth-order valence-corrected chi connectivity index (χ4v) is 3.98. The molecule has 2 atom stereocenters. The van der Waals surface area contributed by atoms with Crippen molar-refractivity contribution in [3.05, 3.63) is 98.3 Å². The summed E-state index contributed by atoms with van der Waals surface area (Å²) in [6.07, 6.45) is 0. The quantitative estimate of drug-likeness (QED) is 0.618. The van der Waals surface area contributed by atoms with Crippen molar-refractivity contribution in [2.45, 2.75) is 19.0 Å². The highest BCUT2D eigenvalue weighted by atomic mass is 35.5. The monoisotopic (exact) mass is 398 g/mol. The summed E-state index contributed by atoms with van der Waals surface area (Å²) in [6, 6.07) is 19.0. The molecule has 0 N–H and O–H groups in total. The number of fused-ring (bicyclic) bond motifs is 1. The van der Waals surface area contributed by atoms with E-state index in [2.05, 4.69) is 0 Å². The van der Waals surface area contributed by atoms with Gasteiger partial charge in [0.15, 0.2) is 0 Å². The maximum absolute atomic E-state index is 12.7. The molecule has 2 heterocycles. The van der Waals surface area contributed by atoms with Crippen LogP contribution in [0.4, 0.5) is 5.82 Å². The molecule has 136 valence electrons. The third-order valence-electron chi connectivity index (χ3n) is 4.83. The number of carbonyl (C=O) groups excluding carboxylic acids is 1. The molecule has 0 spiro atoms. The topological polar surface area (TPSA) is 42.3 Å². The molecular weight excluding hydrogens is 383 g/mol. The number of hydrogen-bond donors (Lipinski definition) is 0. The molecule has 0 aliphatic carbocycles. The third-order valence-corrected chi connectivity index (χ3v) is 5.34. The smallest absolute Gasteiger partial charge is 0.252 e. The van der Waals surface area contributed by atoms with E-state index in [1.807, 2.05) is 24.3 Å². The number of rotatable bonds is 2. The normalized spacial score (nSPS) is 18.4. The predicted octanol–water partition coefficient (Wildman–Crippen LogP) is 4.85. The number of halogens is 2. The zero-order chi connectivity index (χ0) is 19.1. The molecule has 1 aromatic heterocycles. The van der Waals surface area contributed by atoms with Crippen molar-refractivity contribution in [3.8, 4) is 0 Å². The number of hydrogen-bond acceptors (Lipinski definition) is 2. The fraction of sp³-hybridized carbons (Fsp3) is 0.143. The molecule has 1 aliphatic rings. The Morgan fingerprint density at radius 1 is 0.815 bits per heavy atom. The van der Waals surface area contributed by atoms with E-state index in [0.717, 1.165) is 11.1 Å². The van der Waals surface area contributed by atoms with Gasteiger partial charge < -0.3 is 0 Å². The van der Waals surface area contributed by atoms with Crippen LogP contribution in [0.5, 0.6) is 0 Å². The van der Waals surface area contributed by atoms with E-state index in [0.29, 0.717) is 15.9 Å². The molecule has 0 bridgehead atoms. The van der Waals surface area contributed by atoms with E-state index in [1.165, 1.54) is 13.0 Å². The molecule has 3 aromatic rings. The first-order chi connectivity index (χ1) is 13.0. The van der Waals surface area contributed by atoms with E-state index < -0.39 is 0 Å². The third kappa shape index (κ3) is 3.05. The number of aromatic nitrogens is 1. The highest BCUT2D eigenvalue weighted by Gasteiger charge is 2.42. The summed E-state index contributed by atoms with van der Waals surface area (Å²) in [5.74, 6) is 0.445. The van der Waals surface area contributed by atoms with Gasteiger partial charge in [-0.2, -0.15) is 0 Å². The molecule has 0 saturated carbocycles. The summed E-state index contributed by atoms with van der Waals surface area (Å²) >= 11 is 12.1. The van der Waals surface area contributed by atoms with Crippen LogP contribution in [-0.4, -0.2) is 10.5 Å². The van der Waals surface area contributed by atoms with Gasteiger partial charge in [-0.05, 0) is 41.5 Å². The van der Waals surface area contributed by atoms with E-state index in [9.17, 15) is 9.59 Å². The first-order valence-corrected chi connectivity index (χ1v) is 9.25. The molecule has 4 rings (SSSR count). The van der Waals surface area contributed by atoms with Crippen molar-refractivity contribution in [1.82, 2.24) is 4.57 Å². The Balaban J connectivity index is 1.99. The second-order valence-electron chi connectivity index (χ2n) is 6.47. The van der Waals surface area contributed by atoms with Gasteiger partial charge in [-0.3, -0.25) is 19.1 Å². The zero-order valence-corrected chi connectivity index (χ0v) is 16.0. The largest absolute Gasteiger partial charge is 0.288 e. The highest BCUT2D eigenvalue weighted by Crippen LogP contribution is 2.46. The number of benzene rings is 2. The van der Waals surface area contributed by atoms with Crippen molar-refractivity contribution in [2.24, 2.45) is 0 Å². The summed E-state index contributed by atoms with van der Waals surface area (Å²) in [6.45, 7) is 1.51. The summed E-state index contributed by atoms with van der Waals surface area (Å²) in [4.78, 5) is 27.0. The second-order valence-corrected chi connectivity index (χ2v) is 7.35. The number of carbonyl (C=O) groups is 1. The van der Waals surface area contributed by atoms with Crippen molar-refractivity contribution in [1.29, 1.82) is 0 Å². The lowest BCUT2D eigenvalue weighted by Crippen LogP contribution is -2.31. The van der Waals surface area contributed by atoms with Crippen LogP contribution in [-0.2, 0) is 4.79 Å². The zero-order valence-electron chi connectivity index (χ0n) is 14.5. The lowest BCUT2D eigenvalue weighted by atomic mass is 9.93. The average Bonchev–Trinajstić information content (AvgIpc) is 3.00. The molecule has 6 heteroatoms. The first kappa shape index (κ1) is 17.8. The van der Waals surface area contributed by atoms with Gasteiger partial charge in [-0.1, -0.05) is 53.5 Å². The van der Waals surface area contributed by atoms with Crippen LogP contribution in [0, 0.1) is 0 Å². The number of anilines is 1. The predicted molar refractivity (Wildman–Crippen MR) is 108 cm³/mol. The molecule has 1 amide bonds. The SMILES string of the molecule is CC(=O)N1c2cccc(=O)n2[C@H](c2ccc(Cl)cc2)[C@@H]1c1ccc(Cl)cc1. The van der Waals surface area contributed by atoms with E-state index in [4.69, 9.17) is 23.2 Å². The minimum atomic E-state index is -0.365. The molecule has 0 fully saturated rings. The molecule has 1 aliphatic heterocycles. The number of pyridine rings is 1. The Morgan fingerprint density at radius 3 is 1.85 bits per heavy atom. The van der Waals surface area contributed by atoms with E-state index in [1.54, 1.807) is 45.9 Å². The van der Waals surface area contributed by atoms with Gasteiger partial charge >= 0.3 is 0 Å². The van der Waals surface area contributed by atoms with Gasteiger partial charge in [-0.15, -0.1) is 0 Å². The molecule has 4 nitrogen and oxygen atoms in total. The van der Waals surface area contributed by atoms with Crippen molar-refractivity contribution in [2.75, 3.05) is 4.90 Å². The Morgan fingerprint density at radius 2 is 1.33 bits per heavy atom. The van der Waals surface area contributed by atoms with Gasteiger partial charge in [0.25, 0.3) is 5.56 Å². The second kappa shape index (κ2) is 6.87. The van der Waals surface area contributed by atoms with Gasteiger partial charge in [0.05, 0.1) is 12.1 Å². The minimum Gasteiger partial charge on any atom is -0.288 e. The Bertz CT molecular complexity index is 1060. The van der Waals surface area contributed by atoms with Crippen molar-refractivity contribution < 1.29 is 4.79 Å². The first-order valence-electron chi connectivity index (χ1n) is 8.49. The van der Waals surface area contributed by atoms with Gasteiger partial charge in [-0.25, -0.2) is 0 Å².